The molecule has 2 rings (SSSR count). The molecule has 2 heterocycles. The molecule has 0 bridgehead atoms. The molecule has 2 aromatic heterocycles. The van der Waals surface area contributed by atoms with Crippen LogP contribution in [0.2, 0.25) is 0 Å². The molecule has 0 saturated carbocycles. The maximum absolute atomic E-state index is 10.3. The van der Waals surface area contributed by atoms with Crippen molar-refractivity contribution in [3.63, 3.8) is 0 Å². The second-order valence-electron chi connectivity index (χ2n) is 3.22. The third kappa shape index (κ3) is 2.44. The van der Waals surface area contributed by atoms with E-state index in [1.807, 2.05) is 0 Å². The van der Waals surface area contributed by atoms with Gasteiger partial charge < -0.3 is 9.52 Å². The zero-order valence-electron chi connectivity index (χ0n) is 8.38. The van der Waals surface area contributed by atoms with Crippen LogP contribution in [0.1, 0.15) is 18.7 Å². The fourth-order valence-electron chi connectivity index (χ4n) is 1.23. The lowest BCUT2D eigenvalue weighted by Crippen LogP contribution is -1.95. The van der Waals surface area contributed by atoms with Crippen molar-refractivity contribution in [1.29, 1.82) is 0 Å². The first kappa shape index (κ1) is 10.3. The van der Waals surface area contributed by atoms with Crippen LogP contribution in [-0.2, 0) is 11.2 Å². The van der Waals surface area contributed by atoms with Gasteiger partial charge in [0.2, 0.25) is 5.89 Å². The predicted molar refractivity (Wildman–Crippen MR) is 52.5 cm³/mol. The molecule has 0 unspecified atom stereocenters. The highest BCUT2D eigenvalue weighted by atomic mass is 16.4. The van der Waals surface area contributed by atoms with Crippen molar-refractivity contribution in [2.24, 2.45) is 0 Å². The number of hydrogen-bond donors (Lipinski definition) is 2. The third-order valence-corrected chi connectivity index (χ3v) is 1.98. The predicted octanol–water partition coefficient (Wildman–Crippen LogP) is 0.867. The lowest BCUT2D eigenvalue weighted by molar-refractivity contribution is -0.137. The van der Waals surface area contributed by atoms with E-state index in [-0.39, 0.29) is 6.42 Å². The molecular formula is C9H10N4O3. The number of nitrogens with zero attached hydrogens (tertiary/aromatic N) is 3. The van der Waals surface area contributed by atoms with Gasteiger partial charge in [-0.3, -0.25) is 9.89 Å². The van der Waals surface area contributed by atoms with Crippen molar-refractivity contribution in [2.45, 2.75) is 19.3 Å². The van der Waals surface area contributed by atoms with E-state index in [0.717, 1.165) is 0 Å². The first-order valence-corrected chi connectivity index (χ1v) is 4.79. The standard InChI is InChI=1S/C9H10N4O3/c14-8(15)3-1-2-7-12-13-9(16-7)6-4-5-10-11-6/h4-5H,1-3H2,(H,10,11)(H,14,15). The monoisotopic (exact) mass is 222 g/mol. The topological polar surface area (TPSA) is 105 Å². The van der Waals surface area contributed by atoms with E-state index in [0.29, 0.717) is 30.3 Å². The van der Waals surface area contributed by atoms with E-state index >= 15 is 0 Å². The summed E-state index contributed by atoms with van der Waals surface area (Å²) >= 11 is 0. The number of aromatic amines is 1. The maximum atomic E-state index is 10.3. The Morgan fingerprint density at radius 2 is 2.38 bits per heavy atom. The molecule has 0 fully saturated rings. The van der Waals surface area contributed by atoms with E-state index in [1.165, 1.54) is 0 Å². The summed E-state index contributed by atoms with van der Waals surface area (Å²) in [6, 6.07) is 1.72. The molecule has 7 nitrogen and oxygen atoms in total. The summed E-state index contributed by atoms with van der Waals surface area (Å²) in [4.78, 5) is 10.3. The van der Waals surface area contributed by atoms with Gasteiger partial charge in [-0.2, -0.15) is 5.10 Å². The third-order valence-electron chi connectivity index (χ3n) is 1.98. The Hall–Kier alpha value is -2.18. The average molecular weight is 222 g/mol. The van der Waals surface area contributed by atoms with Crippen LogP contribution in [0, 0.1) is 0 Å². The summed E-state index contributed by atoms with van der Waals surface area (Å²) in [6.45, 7) is 0. The molecule has 2 N–H and O–H groups in total. The molecule has 16 heavy (non-hydrogen) atoms. The Balaban J connectivity index is 1.95. The van der Waals surface area contributed by atoms with Gasteiger partial charge in [0.1, 0.15) is 5.69 Å². The number of H-pyrrole nitrogens is 1. The highest BCUT2D eigenvalue weighted by Gasteiger charge is 2.09. The smallest absolute Gasteiger partial charge is 0.303 e. The molecule has 0 amide bonds. The summed E-state index contributed by atoms with van der Waals surface area (Å²) in [7, 11) is 0. The Labute approximate surface area is 90.5 Å². The normalized spacial score (nSPS) is 10.5. The Morgan fingerprint density at radius 1 is 1.50 bits per heavy atom. The van der Waals surface area contributed by atoms with Crippen LogP contribution in [0.4, 0.5) is 0 Å². The fraction of sp³-hybridized carbons (Fsp3) is 0.333. The summed E-state index contributed by atoms with van der Waals surface area (Å²) in [5.74, 6) is -0.0259. The lowest BCUT2D eigenvalue weighted by atomic mass is 10.2. The summed E-state index contributed by atoms with van der Waals surface area (Å²) in [5.41, 5.74) is 0.650. The van der Waals surface area contributed by atoms with Gasteiger partial charge in [0.15, 0.2) is 0 Å². The van der Waals surface area contributed by atoms with Gasteiger partial charge in [-0.05, 0) is 12.5 Å². The molecule has 0 saturated heterocycles. The molecule has 84 valence electrons. The Kier molecular flexibility index (Phi) is 2.95. The molecule has 2 aromatic rings. The van der Waals surface area contributed by atoms with E-state index in [2.05, 4.69) is 20.4 Å². The molecule has 7 heteroatoms. The van der Waals surface area contributed by atoms with Crippen LogP contribution in [0.5, 0.6) is 0 Å². The van der Waals surface area contributed by atoms with Gasteiger partial charge in [0, 0.05) is 19.0 Å². The van der Waals surface area contributed by atoms with Crippen molar-refractivity contribution in [1.82, 2.24) is 20.4 Å². The van der Waals surface area contributed by atoms with Crippen LogP contribution in [0.25, 0.3) is 11.6 Å². The first-order valence-electron chi connectivity index (χ1n) is 4.79. The minimum atomic E-state index is -0.826. The summed E-state index contributed by atoms with van der Waals surface area (Å²) in [6.07, 6.45) is 2.64. The van der Waals surface area contributed by atoms with E-state index < -0.39 is 5.97 Å². The van der Waals surface area contributed by atoms with Gasteiger partial charge in [0.25, 0.3) is 5.89 Å². The Bertz CT molecular complexity index is 463. The minimum absolute atomic E-state index is 0.0990. The van der Waals surface area contributed by atoms with Crippen LogP contribution in [0.15, 0.2) is 16.7 Å². The van der Waals surface area contributed by atoms with Crippen LogP contribution in [0.3, 0.4) is 0 Å². The molecular weight excluding hydrogens is 212 g/mol. The average Bonchev–Trinajstić information content (AvgIpc) is 2.85. The lowest BCUT2D eigenvalue weighted by Gasteiger charge is -1.91. The van der Waals surface area contributed by atoms with Gasteiger partial charge in [0.05, 0.1) is 0 Å². The van der Waals surface area contributed by atoms with Crippen LogP contribution < -0.4 is 0 Å². The minimum Gasteiger partial charge on any atom is -0.481 e. The molecule has 0 aliphatic rings. The molecule has 0 aromatic carbocycles. The zero-order valence-corrected chi connectivity index (χ0v) is 8.38. The van der Waals surface area contributed by atoms with Crippen molar-refractivity contribution >= 4 is 5.97 Å². The molecule has 0 atom stereocenters. The maximum Gasteiger partial charge on any atom is 0.303 e. The highest BCUT2D eigenvalue weighted by Crippen LogP contribution is 2.14. The molecule has 0 radical (unpaired) electrons. The second kappa shape index (κ2) is 4.56. The fourth-order valence-corrected chi connectivity index (χ4v) is 1.23. The van der Waals surface area contributed by atoms with Gasteiger partial charge >= 0.3 is 5.97 Å². The van der Waals surface area contributed by atoms with Crippen molar-refractivity contribution < 1.29 is 14.3 Å². The quantitative estimate of drug-likeness (QED) is 0.777. The number of aliphatic carboxylic acids is 1. The van der Waals surface area contributed by atoms with Gasteiger partial charge in [-0.1, -0.05) is 0 Å². The molecule has 0 aliphatic heterocycles. The number of rotatable bonds is 5. The molecule has 0 spiro atoms. The highest BCUT2D eigenvalue weighted by molar-refractivity contribution is 5.66. The number of carboxylic acid groups (broad SMARTS) is 1. The van der Waals surface area contributed by atoms with E-state index in [9.17, 15) is 4.79 Å². The van der Waals surface area contributed by atoms with Crippen molar-refractivity contribution in [2.75, 3.05) is 0 Å². The number of aromatic nitrogens is 4. The Morgan fingerprint density at radius 3 is 3.06 bits per heavy atom. The van der Waals surface area contributed by atoms with Gasteiger partial charge in [-0.15, -0.1) is 10.2 Å². The number of carbonyl (C=O) groups is 1. The van der Waals surface area contributed by atoms with Crippen molar-refractivity contribution in [3.05, 3.63) is 18.2 Å². The van der Waals surface area contributed by atoms with Crippen LogP contribution >= 0.6 is 0 Å². The van der Waals surface area contributed by atoms with E-state index in [4.69, 9.17) is 9.52 Å². The van der Waals surface area contributed by atoms with Crippen molar-refractivity contribution in [3.8, 4) is 11.6 Å². The SMILES string of the molecule is O=C(O)CCCc1nnc(-c2ccn[nH]2)o1. The van der Waals surface area contributed by atoms with E-state index in [1.54, 1.807) is 12.3 Å². The summed E-state index contributed by atoms with van der Waals surface area (Å²) < 4.78 is 5.32. The number of aryl methyl sites for hydroxylation is 1. The second-order valence-corrected chi connectivity index (χ2v) is 3.22. The number of hydrogen-bond acceptors (Lipinski definition) is 5. The van der Waals surface area contributed by atoms with Crippen LogP contribution in [-0.4, -0.2) is 31.5 Å². The molecule has 0 aliphatic carbocycles. The number of nitrogens with one attached hydrogen (secondary N) is 1. The largest absolute Gasteiger partial charge is 0.481 e. The van der Waals surface area contributed by atoms with Gasteiger partial charge in [-0.25, -0.2) is 0 Å². The first-order chi connectivity index (χ1) is 7.75. The zero-order chi connectivity index (χ0) is 11.4. The summed E-state index contributed by atoms with van der Waals surface area (Å²) in [5, 5.41) is 22.6. The number of carboxylic acids is 1.